The van der Waals surface area contributed by atoms with Gasteiger partial charge in [-0.2, -0.15) is 0 Å². The summed E-state index contributed by atoms with van der Waals surface area (Å²) in [6.07, 6.45) is 1.20. The Balaban J connectivity index is 0.000000198. The first-order valence-corrected chi connectivity index (χ1v) is 13.8. The Kier molecular flexibility index (Phi) is 9.48. The van der Waals surface area contributed by atoms with Gasteiger partial charge in [-0.25, -0.2) is 4.79 Å². The summed E-state index contributed by atoms with van der Waals surface area (Å²) in [6.45, 7) is 10.5. The zero-order valence-electron chi connectivity index (χ0n) is 24.4. The van der Waals surface area contributed by atoms with Crippen LogP contribution in [0.4, 0.5) is 4.79 Å². The Labute approximate surface area is 251 Å². The minimum Gasteiger partial charge on any atom is -0.491 e. The highest BCUT2D eigenvalue weighted by molar-refractivity contribution is 5.85. The van der Waals surface area contributed by atoms with Crippen LogP contribution < -0.4 is 20.5 Å². The molecular formula is C31H37ClN4O6. The van der Waals surface area contributed by atoms with E-state index in [0.29, 0.717) is 13.2 Å². The summed E-state index contributed by atoms with van der Waals surface area (Å²) in [7, 11) is 0. The molecule has 0 unspecified atom stereocenters. The summed E-state index contributed by atoms with van der Waals surface area (Å²) in [5, 5.41) is 11.0. The Morgan fingerprint density at radius 2 is 1.40 bits per heavy atom. The summed E-state index contributed by atoms with van der Waals surface area (Å²) >= 11 is 0. The van der Waals surface area contributed by atoms with Gasteiger partial charge in [0.15, 0.2) is 0 Å². The van der Waals surface area contributed by atoms with Crippen molar-refractivity contribution in [2.75, 3.05) is 13.2 Å². The molecule has 10 nitrogen and oxygen atoms in total. The van der Waals surface area contributed by atoms with Crippen molar-refractivity contribution in [2.24, 2.45) is 5.73 Å². The molecule has 224 valence electrons. The van der Waals surface area contributed by atoms with Crippen LogP contribution in [0, 0.1) is 0 Å². The molecule has 0 fully saturated rings. The van der Waals surface area contributed by atoms with Crippen LogP contribution in [0.15, 0.2) is 57.6 Å². The predicted molar refractivity (Wildman–Crippen MR) is 160 cm³/mol. The molecule has 2 aliphatic rings. The zero-order valence-corrected chi connectivity index (χ0v) is 25.2. The Morgan fingerprint density at radius 3 is 1.93 bits per heavy atom. The molecule has 2 aromatic carbocycles. The third-order valence-corrected chi connectivity index (χ3v) is 6.72. The van der Waals surface area contributed by atoms with Crippen molar-refractivity contribution in [3.05, 3.63) is 71.2 Å². The van der Waals surface area contributed by atoms with Gasteiger partial charge in [-0.05, 0) is 32.9 Å². The summed E-state index contributed by atoms with van der Waals surface area (Å²) < 4.78 is 27.0. The Morgan fingerprint density at radius 1 is 0.881 bits per heavy atom. The van der Waals surface area contributed by atoms with Crippen molar-refractivity contribution in [3.63, 3.8) is 0 Å². The van der Waals surface area contributed by atoms with Crippen molar-refractivity contribution in [3.8, 4) is 34.0 Å². The number of benzene rings is 2. The molecular weight excluding hydrogens is 560 g/mol. The third kappa shape index (κ3) is 7.06. The number of halogens is 1. The second-order valence-electron chi connectivity index (χ2n) is 11.0. The zero-order chi connectivity index (χ0) is 29.1. The van der Waals surface area contributed by atoms with E-state index >= 15 is 0 Å². The molecule has 2 aromatic heterocycles. The normalized spacial score (nSPS) is 16.6. The van der Waals surface area contributed by atoms with E-state index in [1.54, 1.807) is 0 Å². The van der Waals surface area contributed by atoms with E-state index in [1.165, 1.54) is 0 Å². The number of rotatable bonds is 5. The highest BCUT2D eigenvalue weighted by atomic mass is 35.5. The molecule has 0 spiro atoms. The van der Waals surface area contributed by atoms with E-state index in [0.717, 1.165) is 69.5 Å². The predicted octanol–water partition coefficient (Wildman–Crippen LogP) is 6.58. The molecule has 0 saturated heterocycles. The number of hydrogen-bond donors (Lipinski definition) is 2. The smallest absolute Gasteiger partial charge is 0.408 e. The number of nitrogens with two attached hydrogens (primary N) is 1. The van der Waals surface area contributed by atoms with Gasteiger partial charge < -0.3 is 34.3 Å². The van der Waals surface area contributed by atoms with Crippen LogP contribution in [0.3, 0.4) is 0 Å². The molecule has 0 bridgehead atoms. The fourth-order valence-corrected chi connectivity index (χ4v) is 4.56. The van der Waals surface area contributed by atoms with Gasteiger partial charge in [-0.15, -0.1) is 12.4 Å². The molecule has 1 amide bonds. The lowest BCUT2D eigenvalue weighted by molar-refractivity contribution is 0.0497. The monoisotopic (exact) mass is 596 g/mol. The fraction of sp³-hybridized carbons (Fsp3) is 0.387. The lowest BCUT2D eigenvalue weighted by atomic mass is 10.0. The van der Waals surface area contributed by atoms with Crippen LogP contribution in [0.1, 0.15) is 69.3 Å². The number of ether oxygens (including phenoxy) is 3. The topological polar surface area (TPSA) is 135 Å². The summed E-state index contributed by atoms with van der Waals surface area (Å²) in [6, 6.07) is 15.4. The van der Waals surface area contributed by atoms with Crippen LogP contribution in [-0.4, -0.2) is 35.2 Å². The number of carbonyl (C=O) groups excluding carboxylic acids is 1. The van der Waals surface area contributed by atoms with E-state index in [4.69, 9.17) is 29.0 Å². The highest BCUT2D eigenvalue weighted by Gasteiger charge is 2.28. The first kappa shape index (κ1) is 30.9. The molecule has 0 radical (unpaired) electrons. The standard InChI is InChI=1S/C18H22N2O4.C13H14N2O2.ClH/c1-5-12-9-14(20-24-12)11-6-7-13-15(10-22-16(13)8-11)19-17(21)23-18(2,3)4;1-2-9-6-12(15-17-9)8-3-4-10-11(14)7-16-13(10)5-8;/h6-9,15H,5,10H2,1-4H3,(H,19,21);3-6,11H,2,7,14H2,1H3;1H/t15-;11-;/m11./s1. The van der Waals surface area contributed by atoms with Crippen molar-refractivity contribution in [1.29, 1.82) is 0 Å². The van der Waals surface area contributed by atoms with Crippen molar-refractivity contribution >= 4 is 18.5 Å². The quantitative estimate of drug-likeness (QED) is 0.262. The lowest BCUT2D eigenvalue weighted by Crippen LogP contribution is -2.35. The molecule has 6 rings (SSSR count). The summed E-state index contributed by atoms with van der Waals surface area (Å²) in [5.74, 6) is 3.33. The van der Waals surface area contributed by atoms with Crippen LogP contribution in [0.5, 0.6) is 11.5 Å². The summed E-state index contributed by atoms with van der Waals surface area (Å²) in [4.78, 5) is 11.9. The van der Waals surface area contributed by atoms with E-state index in [1.807, 2.05) is 83.1 Å². The Hall–Kier alpha value is -4.02. The van der Waals surface area contributed by atoms with Crippen molar-refractivity contribution < 1.29 is 28.1 Å². The number of aromatic nitrogens is 2. The highest BCUT2D eigenvalue weighted by Crippen LogP contribution is 2.36. The van der Waals surface area contributed by atoms with E-state index in [2.05, 4.69) is 15.6 Å². The minimum atomic E-state index is -0.528. The molecule has 4 aromatic rings. The van der Waals surface area contributed by atoms with Crippen LogP contribution in [-0.2, 0) is 17.6 Å². The van der Waals surface area contributed by atoms with Gasteiger partial charge in [0, 0.05) is 47.2 Å². The molecule has 3 N–H and O–H groups in total. The van der Waals surface area contributed by atoms with Gasteiger partial charge in [-0.1, -0.05) is 48.4 Å². The molecule has 42 heavy (non-hydrogen) atoms. The lowest BCUT2D eigenvalue weighted by Gasteiger charge is -2.21. The van der Waals surface area contributed by atoms with Gasteiger partial charge in [0.2, 0.25) is 0 Å². The number of hydrogen-bond acceptors (Lipinski definition) is 9. The number of fused-ring (bicyclic) bond motifs is 2. The van der Waals surface area contributed by atoms with Crippen molar-refractivity contribution in [1.82, 2.24) is 15.6 Å². The molecule has 2 aliphatic heterocycles. The van der Waals surface area contributed by atoms with E-state index < -0.39 is 11.7 Å². The maximum atomic E-state index is 11.9. The van der Waals surface area contributed by atoms with Crippen molar-refractivity contribution in [2.45, 2.75) is 65.1 Å². The van der Waals surface area contributed by atoms with Crippen LogP contribution in [0.2, 0.25) is 0 Å². The molecule has 11 heteroatoms. The molecule has 2 atom stereocenters. The summed E-state index contributed by atoms with van der Waals surface area (Å²) in [5.41, 5.74) is 10.9. The maximum absolute atomic E-state index is 11.9. The van der Waals surface area contributed by atoms with Gasteiger partial charge in [0.1, 0.15) is 53.2 Å². The van der Waals surface area contributed by atoms with Gasteiger partial charge >= 0.3 is 6.09 Å². The molecule has 4 heterocycles. The van der Waals surface area contributed by atoms with Crippen LogP contribution >= 0.6 is 12.4 Å². The molecule has 0 saturated carbocycles. The SMILES string of the molecule is CCc1cc(-c2ccc3c(c2)OC[C@H]3N)no1.CCc1cc(-c2ccc3c(c2)OC[C@H]3NC(=O)OC(C)(C)C)no1.Cl. The second-order valence-corrected chi connectivity index (χ2v) is 11.0. The van der Waals surface area contributed by atoms with Gasteiger partial charge in [0.25, 0.3) is 0 Å². The first-order chi connectivity index (χ1) is 19.6. The number of carbonyl (C=O) groups is 1. The fourth-order valence-electron chi connectivity index (χ4n) is 4.56. The van der Waals surface area contributed by atoms with Crippen LogP contribution in [0.25, 0.3) is 22.5 Å². The van der Waals surface area contributed by atoms with Gasteiger partial charge in [-0.3, -0.25) is 0 Å². The number of nitrogens with zero attached hydrogens (tertiary/aromatic N) is 2. The number of aryl methyl sites for hydroxylation is 2. The van der Waals surface area contributed by atoms with E-state index in [9.17, 15) is 4.79 Å². The minimum absolute atomic E-state index is 0. The number of alkyl carbamates (subject to hydrolysis) is 1. The average molecular weight is 597 g/mol. The largest absolute Gasteiger partial charge is 0.491 e. The average Bonchev–Trinajstić information content (AvgIpc) is 3.75. The van der Waals surface area contributed by atoms with Gasteiger partial charge in [0.05, 0.1) is 12.1 Å². The maximum Gasteiger partial charge on any atom is 0.408 e. The first-order valence-electron chi connectivity index (χ1n) is 13.8. The molecule has 0 aliphatic carbocycles. The Bertz CT molecular complexity index is 1530. The second kappa shape index (κ2) is 12.9. The third-order valence-electron chi connectivity index (χ3n) is 6.72. The number of nitrogens with one attached hydrogen (secondary N) is 1. The van der Waals surface area contributed by atoms with E-state index in [-0.39, 0.29) is 24.5 Å². The number of amides is 1.